The minimum Gasteiger partial charge on any atom is -0.482 e. The number of aliphatic hydroxyl groups excluding tert-OH is 3. The van der Waals surface area contributed by atoms with E-state index in [9.17, 15) is 39.3 Å². The lowest BCUT2D eigenvalue weighted by molar-refractivity contribution is -0.136. The maximum absolute atomic E-state index is 13.3. The molecule has 8 N–H and O–H groups in total. The first-order valence-corrected chi connectivity index (χ1v) is 19.4. The molecule has 7 rings (SSSR count). The Kier molecular flexibility index (Phi) is 12.2. The summed E-state index contributed by atoms with van der Waals surface area (Å²) in [4.78, 5) is 71.9. The van der Waals surface area contributed by atoms with Crippen molar-refractivity contribution >= 4 is 63.7 Å². The number of rotatable bonds is 16. The Bertz CT molecular complexity index is 2240. The normalized spacial score (nSPS) is 22.3. The van der Waals surface area contributed by atoms with Crippen LogP contribution in [0, 0.1) is 0 Å². The first kappa shape index (κ1) is 40.5. The highest BCUT2D eigenvalue weighted by atomic mass is 35.5. The quantitative estimate of drug-likeness (QED) is 0.0630. The van der Waals surface area contributed by atoms with Crippen LogP contribution in [0.2, 0.25) is 5.02 Å². The van der Waals surface area contributed by atoms with E-state index < -0.39 is 60.3 Å². The largest absolute Gasteiger partial charge is 0.482 e. The standard InChI is InChI=1S/C39H43ClN8O10/c40-23-10-9-20(30(51)33-31(52)32(53)39(58-33)47-16-13-22-34(41)44-19-45-35(22)47)17-26(23)57-18-28(50)43-15-5-3-1-2-4-14-42-24-8-6-7-21-29(24)38(56)48(37(21)55)25-11-12-27(49)46-36(25)54/h6-10,13,16-17,19,25,30-33,39,42,51-53H,1-5,11-12,14-15,18H2,(H,43,50)(H2,41,44,45)(H,46,49,54)/t25?,30-,31+,32-,33-,39-/m1/s1. The topological polar surface area (TPSA) is 261 Å². The molecular weight excluding hydrogens is 776 g/mol. The van der Waals surface area contributed by atoms with E-state index in [1.807, 2.05) is 0 Å². The van der Waals surface area contributed by atoms with Crippen molar-refractivity contribution in [3.05, 3.63) is 76.7 Å². The van der Waals surface area contributed by atoms with Gasteiger partial charge in [0.25, 0.3) is 17.7 Å². The number of nitrogens with zero attached hydrogens (tertiary/aromatic N) is 4. The Morgan fingerprint density at radius 3 is 2.59 bits per heavy atom. The minimum absolute atomic E-state index is 0.0518. The Hall–Kier alpha value is -5.66. The number of nitrogens with two attached hydrogens (primary N) is 1. The van der Waals surface area contributed by atoms with Crippen LogP contribution in [0.15, 0.2) is 55.0 Å². The van der Waals surface area contributed by atoms with Gasteiger partial charge in [0.2, 0.25) is 11.8 Å². The molecule has 5 amide bonds. The number of unbranched alkanes of at least 4 members (excludes halogenated alkanes) is 4. The van der Waals surface area contributed by atoms with Gasteiger partial charge in [0, 0.05) is 31.4 Å². The Balaban J connectivity index is 0.809. The summed E-state index contributed by atoms with van der Waals surface area (Å²) in [6, 6.07) is 10.1. The second-order valence-electron chi connectivity index (χ2n) is 14.3. The fourth-order valence-electron chi connectivity index (χ4n) is 7.46. The molecule has 6 atom stereocenters. The van der Waals surface area contributed by atoms with E-state index in [4.69, 9.17) is 26.8 Å². The zero-order valence-electron chi connectivity index (χ0n) is 31.2. The fraction of sp³-hybridized carbons (Fsp3) is 0.410. The van der Waals surface area contributed by atoms with Crippen LogP contribution < -0.4 is 26.4 Å². The molecule has 5 heterocycles. The van der Waals surface area contributed by atoms with Gasteiger partial charge in [0.05, 0.1) is 21.5 Å². The number of imide groups is 2. The number of carbonyl (C=O) groups excluding carboxylic acids is 5. The number of hydrogen-bond acceptors (Lipinski definition) is 14. The number of carbonyl (C=O) groups is 5. The number of fused-ring (bicyclic) bond motifs is 2. The third-order valence-electron chi connectivity index (χ3n) is 10.5. The molecule has 0 saturated carbocycles. The lowest BCUT2D eigenvalue weighted by Crippen LogP contribution is -2.54. The van der Waals surface area contributed by atoms with Gasteiger partial charge in [-0.05, 0) is 55.2 Å². The van der Waals surface area contributed by atoms with E-state index >= 15 is 0 Å². The van der Waals surface area contributed by atoms with Crippen molar-refractivity contribution in [3.63, 3.8) is 0 Å². The van der Waals surface area contributed by atoms with Crippen molar-refractivity contribution in [1.82, 2.24) is 30.1 Å². The van der Waals surface area contributed by atoms with Gasteiger partial charge < -0.3 is 45.7 Å². The van der Waals surface area contributed by atoms with Gasteiger partial charge in [0.15, 0.2) is 12.8 Å². The van der Waals surface area contributed by atoms with Crippen LogP contribution in [-0.4, -0.2) is 108 Å². The molecule has 19 heteroatoms. The summed E-state index contributed by atoms with van der Waals surface area (Å²) in [6.07, 6.45) is 0.610. The summed E-state index contributed by atoms with van der Waals surface area (Å²) in [5.41, 5.74) is 7.56. The maximum atomic E-state index is 13.3. The fourth-order valence-corrected chi connectivity index (χ4v) is 7.64. The van der Waals surface area contributed by atoms with Crippen molar-refractivity contribution in [1.29, 1.82) is 0 Å². The molecule has 2 saturated heterocycles. The molecule has 58 heavy (non-hydrogen) atoms. The smallest absolute Gasteiger partial charge is 0.264 e. The highest BCUT2D eigenvalue weighted by molar-refractivity contribution is 6.32. The van der Waals surface area contributed by atoms with Crippen molar-refractivity contribution < 1.29 is 48.8 Å². The predicted octanol–water partition coefficient (Wildman–Crippen LogP) is 1.98. The number of ether oxygens (including phenoxy) is 2. The van der Waals surface area contributed by atoms with Gasteiger partial charge >= 0.3 is 0 Å². The Labute approximate surface area is 336 Å². The van der Waals surface area contributed by atoms with Crippen molar-refractivity contribution in [2.75, 3.05) is 30.7 Å². The number of nitrogen functional groups attached to an aromatic ring is 1. The van der Waals surface area contributed by atoms with Gasteiger partial charge in [0.1, 0.15) is 54.0 Å². The summed E-state index contributed by atoms with van der Waals surface area (Å²) >= 11 is 6.33. The Morgan fingerprint density at radius 2 is 1.79 bits per heavy atom. The van der Waals surface area contributed by atoms with Crippen LogP contribution in [0.3, 0.4) is 0 Å². The van der Waals surface area contributed by atoms with Gasteiger partial charge in [-0.3, -0.25) is 34.2 Å². The monoisotopic (exact) mass is 818 g/mol. The van der Waals surface area contributed by atoms with Crippen molar-refractivity contribution in [3.8, 4) is 5.75 Å². The van der Waals surface area contributed by atoms with Crippen molar-refractivity contribution in [2.24, 2.45) is 0 Å². The molecule has 1 unspecified atom stereocenters. The average Bonchev–Trinajstić information content (AvgIpc) is 3.85. The van der Waals surface area contributed by atoms with Crippen LogP contribution >= 0.6 is 11.6 Å². The molecule has 3 aliphatic heterocycles. The number of nitrogens with one attached hydrogen (secondary N) is 3. The van der Waals surface area contributed by atoms with E-state index in [0.29, 0.717) is 29.8 Å². The minimum atomic E-state index is -1.46. The predicted molar refractivity (Wildman–Crippen MR) is 207 cm³/mol. The molecule has 4 aromatic rings. The summed E-state index contributed by atoms with van der Waals surface area (Å²) in [7, 11) is 0. The van der Waals surface area contributed by atoms with Crippen LogP contribution in [-0.2, 0) is 19.1 Å². The molecule has 0 aliphatic carbocycles. The van der Waals surface area contributed by atoms with E-state index in [1.165, 1.54) is 29.1 Å². The lowest BCUT2D eigenvalue weighted by Gasteiger charge is -2.27. The summed E-state index contributed by atoms with van der Waals surface area (Å²) in [5.74, 6) is -2.18. The maximum Gasteiger partial charge on any atom is 0.264 e. The van der Waals surface area contributed by atoms with Crippen LogP contribution in [0.1, 0.15) is 83.6 Å². The molecule has 2 fully saturated rings. The lowest BCUT2D eigenvalue weighted by atomic mass is 9.99. The highest BCUT2D eigenvalue weighted by Gasteiger charge is 2.48. The molecule has 306 valence electrons. The van der Waals surface area contributed by atoms with Gasteiger partial charge in [-0.15, -0.1) is 0 Å². The molecule has 2 aromatic carbocycles. The average molecular weight is 819 g/mol. The third-order valence-corrected chi connectivity index (χ3v) is 10.8. The van der Waals surface area contributed by atoms with E-state index in [1.54, 1.807) is 30.5 Å². The zero-order valence-corrected chi connectivity index (χ0v) is 31.9. The molecular formula is C39H43ClN8O10. The second-order valence-corrected chi connectivity index (χ2v) is 14.7. The molecule has 0 radical (unpaired) electrons. The number of amides is 5. The SMILES string of the molecule is Nc1ncnc2c1ccn2[C@@H]1O[C@H]([C@H](O)c2ccc(Cl)c(OCC(=O)NCCCCCCCNc3cccc4c3C(=O)N(C3CCC(=O)NC3=O)C4=O)c2)[C@@H](O)[C@H]1O. The number of aromatic nitrogens is 3. The first-order chi connectivity index (χ1) is 27.9. The molecule has 18 nitrogen and oxygen atoms in total. The van der Waals surface area contributed by atoms with E-state index in [-0.39, 0.29) is 58.6 Å². The summed E-state index contributed by atoms with van der Waals surface area (Å²) in [5, 5.41) is 41.9. The van der Waals surface area contributed by atoms with Gasteiger partial charge in [-0.25, -0.2) is 9.97 Å². The van der Waals surface area contributed by atoms with E-state index in [0.717, 1.165) is 37.0 Å². The van der Waals surface area contributed by atoms with Crippen LogP contribution in [0.25, 0.3) is 11.0 Å². The van der Waals surface area contributed by atoms with Crippen molar-refractivity contribution in [2.45, 2.75) is 81.6 Å². The molecule has 3 aliphatic rings. The number of halogens is 1. The number of piperidine rings is 1. The zero-order chi connectivity index (χ0) is 41.1. The van der Waals surface area contributed by atoms with Crippen LogP contribution in [0.4, 0.5) is 11.5 Å². The summed E-state index contributed by atoms with van der Waals surface area (Å²) < 4.78 is 13.1. The number of anilines is 2. The molecule has 2 aromatic heterocycles. The molecule has 0 bridgehead atoms. The number of aliphatic hydroxyl groups is 3. The van der Waals surface area contributed by atoms with E-state index in [2.05, 4.69) is 25.9 Å². The summed E-state index contributed by atoms with van der Waals surface area (Å²) in [6.45, 7) is 0.653. The van der Waals surface area contributed by atoms with Gasteiger partial charge in [-0.1, -0.05) is 43.0 Å². The second kappa shape index (κ2) is 17.5. The molecule has 0 spiro atoms. The first-order valence-electron chi connectivity index (χ1n) is 19.0. The number of hydrogen-bond donors (Lipinski definition) is 7. The Morgan fingerprint density at radius 1 is 1.02 bits per heavy atom. The number of benzene rings is 2. The third kappa shape index (κ3) is 8.19. The van der Waals surface area contributed by atoms with Gasteiger partial charge in [-0.2, -0.15) is 0 Å². The highest BCUT2D eigenvalue weighted by Crippen LogP contribution is 2.39. The van der Waals surface area contributed by atoms with Crippen LogP contribution in [0.5, 0.6) is 5.75 Å².